The van der Waals surface area contributed by atoms with E-state index in [1.54, 1.807) is 0 Å². The maximum atomic E-state index is 12.5. The summed E-state index contributed by atoms with van der Waals surface area (Å²) in [5.74, 6) is 0.177. The van der Waals surface area contributed by atoms with Crippen molar-refractivity contribution in [2.45, 2.75) is 26.8 Å². The third-order valence-corrected chi connectivity index (χ3v) is 6.72. The lowest BCUT2D eigenvalue weighted by molar-refractivity contribution is 0.0608. The molecule has 1 N–H and O–H groups in total. The number of hydrogen-bond donors (Lipinski definition) is 1. The van der Waals surface area contributed by atoms with E-state index >= 15 is 0 Å². The monoisotopic (exact) mass is 488 g/mol. The zero-order valence-corrected chi connectivity index (χ0v) is 20.4. The minimum atomic E-state index is -0.371. The lowest BCUT2D eigenvalue weighted by Gasteiger charge is -2.12. The van der Waals surface area contributed by atoms with Gasteiger partial charge in [0.25, 0.3) is 6.01 Å². The summed E-state index contributed by atoms with van der Waals surface area (Å²) in [6.45, 7) is 5.05. The van der Waals surface area contributed by atoms with E-state index < -0.39 is 0 Å². The summed E-state index contributed by atoms with van der Waals surface area (Å²) in [5.41, 5.74) is 5.51. The Balaban J connectivity index is 1.52. The highest BCUT2D eigenvalue weighted by Gasteiger charge is 2.24. The van der Waals surface area contributed by atoms with Crippen LogP contribution in [0.2, 0.25) is 0 Å². The number of methoxy groups -OCH3 is 1. The Morgan fingerprint density at radius 3 is 2.57 bits per heavy atom. The van der Waals surface area contributed by atoms with E-state index in [2.05, 4.69) is 44.9 Å². The number of ether oxygens (including phenoxy) is 2. The van der Waals surface area contributed by atoms with Gasteiger partial charge in [-0.05, 0) is 35.2 Å². The molecule has 0 amide bonds. The van der Waals surface area contributed by atoms with Gasteiger partial charge in [0.15, 0.2) is 0 Å². The quantitative estimate of drug-likeness (QED) is 0.310. The minimum Gasteiger partial charge on any atom is -0.465 e. The molecule has 3 aromatic heterocycles. The maximum Gasteiger partial charge on any atom is 0.350 e. The Bertz CT molecular complexity index is 1470. The molecule has 10 heteroatoms. The smallest absolute Gasteiger partial charge is 0.350 e. The molecule has 0 unspecified atom stereocenters. The third-order valence-electron chi connectivity index (χ3n) is 5.66. The van der Waals surface area contributed by atoms with Gasteiger partial charge < -0.3 is 9.47 Å². The van der Waals surface area contributed by atoms with Gasteiger partial charge in [-0.2, -0.15) is 10.2 Å². The number of thiophene rings is 1. The number of carbonyl (C=O) groups is 1. The Morgan fingerprint density at radius 2 is 1.89 bits per heavy atom. The molecule has 3 heterocycles. The van der Waals surface area contributed by atoms with Gasteiger partial charge in [0.05, 0.1) is 25.8 Å². The molecule has 9 nitrogen and oxygen atoms in total. The van der Waals surface area contributed by atoms with E-state index in [9.17, 15) is 4.79 Å². The fourth-order valence-corrected chi connectivity index (χ4v) is 5.03. The van der Waals surface area contributed by atoms with Crippen LogP contribution >= 0.6 is 11.3 Å². The van der Waals surface area contributed by atoms with Gasteiger partial charge in [0.2, 0.25) is 5.82 Å². The van der Waals surface area contributed by atoms with Crippen LogP contribution in [-0.2, 0) is 11.3 Å². The van der Waals surface area contributed by atoms with Gasteiger partial charge in [-0.25, -0.2) is 4.79 Å². The molecule has 5 aromatic rings. The highest BCUT2D eigenvalue weighted by Crippen LogP contribution is 2.35. The van der Waals surface area contributed by atoms with Gasteiger partial charge in [-0.15, -0.1) is 21.5 Å². The zero-order chi connectivity index (χ0) is 24.4. The molecule has 0 atom stereocenters. The van der Waals surface area contributed by atoms with E-state index in [0.29, 0.717) is 29.9 Å². The number of esters is 1. The van der Waals surface area contributed by atoms with Crippen molar-refractivity contribution in [3.8, 4) is 28.5 Å². The number of tetrazole rings is 1. The van der Waals surface area contributed by atoms with Crippen LogP contribution < -0.4 is 4.74 Å². The van der Waals surface area contributed by atoms with Crippen molar-refractivity contribution in [2.24, 2.45) is 0 Å². The van der Waals surface area contributed by atoms with E-state index in [1.165, 1.54) is 18.4 Å². The van der Waals surface area contributed by atoms with Gasteiger partial charge in [0.1, 0.15) is 10.4 Å². The van der Waals surface area contributed by atoms with Crippen LogP contribution in [0.25, 0.3) is 33.5 Å². The van der Waals surface area contributed by atoms with Crippen molar-refractivity contribution in [3.05, 3.63) is 63.8 Å². The molecule has 0 bridgehead atoms. The number of nitrogens with one attached hydrogen (secondary N) is 1. The molecule has 0 saturated heterocycles. The first-order valence-electron chi connectivity index (χ1n) is 11.2. The summed E-state index contributed by atoms with van der Waals surface area (Å²) in [6, 6.07) is 16.7. The van der Waals surface area contributed by atoms with Crippen LogP contribution in [-0.4, -0.2) is 49.9 Å². The maximum absolute atomic E-state index is 12.5. The summed E-state index contributed by atoms with van der Waals surface area (Å²) < 4.78 is 13.0. The number of H-pyrrole nitrogens is 1. The van der Waals surface area contributed by atoms with Crippen LogP contribution in [0, 0.1) is 6.92 Å². The van der Waals surface area contributed by atoms with Crippen LogP contribution in [0.5, 0.6) is 6.01 Å². The van der Waals surface area contributed by atoms with Gasteiger partial charge in [0, 0.05) is 10.4 Å². The predicted octanol–water partition coefficient (Wildman–Crippen LogP) is 4.88. The van der Waals surface area contributed by atoms with Crippen LogP contribution in [0.15, 0.2) is 48.5 Å². The standard InChI is InChI=1S/C25H24N6O3S/c1-4-13-34-25-26-20-15(2)35-22(24(32)33-3)21(20)31(25)14-16-9-11-17(12-10-16)18-7-5-6-8-19(18)23-27-29-30-28-23/h5-12H,4,13-14H2,1-3H3,(H,27,28,29,30). The first kappa shape index (κ1) is 22.7. The molecule has 35 heavy (non-hydrogen) atoms. The Morgan fingerprint density at radius 1 is 1.11 bits per heavy atom. The predicted molar refractivity (Wildman–Crippen MR) is 134 cm³/mol. The Kier molecular flexibility index (Phi) is 6.28. The fourth-order valence-electron chi connectivity index (χ4n) is 4.02. The van der Waals surface area contributed by atoms with Crippen molar-refractivity contribution >= 4 is 28.3 Å². The van der Waals surface area contributed by atoms with E-state index in [0.717, 1.165) is 44.6 Å². The number of imidazole rings is 1. The van der Waals surface area contributed by atoms with Crippen molar-refractivity contribution in [2.75, 3.05) is 13.7 Å². The first-order valence-corrected chi connectivity index (χ1v) is 12.0. The molecule has 0 aliphatic rings. The summed E-state index contributed by atoms with van der Waals surface area (Å²) in [5, 5.41) is 14.4. The molecular weight excluding hydrogens is 464 g/mol. The molecule has 0 fully saturated rings. The highest BCUT2D eigenvalue weighted by molar-refractivity contribution is 7.15. The summed E-state index contributed by atoms with van der Waals surface area (Å²) in [6.07, 6.45) is 0.858. The molecule has 0 aliphatic heterocycles. The number of carbonyl (C=O) groups excluding carboxylic acids is 1. The molecular formula is C25H24N6O3S. The normalized spacial score (nSPS) is 11.2. The number of aryl methyl sites for hydroxylation is 1. The van der Waals surface area contributed by atoms with Gasteiger partial charge in [-0.1, -0.05) is 55.5 Å². The van der Waals surface area contributed by atoms with Crippen LogP contribution in [0.3, 0.4) is 0 Å². The molecule has 0 saturated carbocycles. The SMILES string of the molecule is CCCOc1nc2c(C)sc(C(=O)OC)c2n1Cc1ccc(-c2ccccc2-c2nn[nH]n2)cc1. The average Bonchev–Trinajstić information content (AvgIpc) is 3.61. The molecule has 0 spiro atoms. The van der Waals surface area contributed by atoms with Gasteiger partial charge >= 0.3 is 5.97 Å². The third kappa shape index (κ3) is 4.28. The molecule has 178 valence electrons. The van der Waals surface area contributed by atoms with E-state index in [1.807, 2.05) is 42.7 Å². The van der Waals surface area contributed by atoms with Crippen molar-refractivity contribution in [3.63, 3.8) is 0 Å². The topological polar surface area (TPSA) is 108 Å². The van der Waals surface area contributed by atoms with E-state index in [4.69, 9.17) is 14.5 Å². The highest BCUT2D eigenvalue weighted by atomic mass is 32.1. The second-order valence-electron chi connectivity index (χ2n) is 7.98. The summed E-state index contributed by atoms with van der Waals surface area (Å²) >= 11 is 1.39. The fraction of sp³-hybridized carbons (Fsp3) is 0.240. The second kappa shape index (κ2) is 9.67. The number of rotatable bonds is 8. The number of nitrogens with zero attached hydrogens (tertiary/aromatic N) is 5. The number of aromatic amines is 1. The van der Waals surface area contributed by atoms with Crippen molar-refractivity contribution in [1.29, 1.82) is 0 Å². The lowest BCUT2D eigenvalue weighted by atomic mass is 9.98. The second-order valence-corrected chi connectivity index (χ2v) is 9.21. The summed E-state index contributed by atoms with van der Waals surface area (Å²) in [4.78, 5) is 18.7. The minimum absolute atomic E-state index is 0.371. The van der Waals surface area contributed by atoms with Crippen molar-refractivity contribution < 1.29 is 14.3 Å². The molecule has 5 rings (SSSR count). The van der Waals surface area contributed by atoms with E-state index in [-0.39, 0.29) is 5.97 Å². The number of benzene rings is 2. The lowest BCUT2D eigenvalue weighted by Crippen LogP contribution is -2.08. The Labute approximate surface area is 205 Å². The van der Waals surface area contributed by atoms with Gasteiger partial charge in [-0.3, -0.25) is 4.57 Å². The largest absolute Gasteiger partial charge is 0.465 e. The molecule has 2 aromatic carbocycles. The molecule has 0 radical (unpaired) electrons. The first-order chi connectivity index (χ1) is 17.1. The zero-order valence-electron chi connectivity index (χ0n) is 19.6. The van der Waals surface area contributed by atoms with Crippen molar-refractivity contribution in [1.82, 2.24) is 30.2 Å². The number of fused-ring (bicyclic) bond motifs is 1. The average molecular weight is 489 g/mol. The number of hydrogen-bond acceptors (Lipinski definition) is 8. The molecule has 0 aliphatic carbocycles. The number of aromatic nitrogens is 6. The van der Waals surface area contributed by atoms with Crippen LogP contribution in [0.1, 0.15) is 33.5 Å². The van der Waals surface area contributed by atoms with Crippen LogP contribution in [0.4, 0.5) is 0 Å². The summed E-state index contributed by atoms with van der Waals surface area (Å²) in [7, 11) is 1.39. The Hall–Kier alpha value is -4.05.